The van der Waals surface area contributed by atoms with Crippen molar-refractivity contribution in [3.05, 3.63) is 40.0 Å². The molecule has 2 rings (SSSR count). The monoisotopic (exact) mass is 324 g/mol. The van der Waals surface area contributed by atoms with E-state index < -0.39 is 0 Å². The van der Waals surface area contributed by atoms with Gasteiger partial charge in [0.25, 0.3) is 0 Å². The first-order chi connectivity index (χ1) is 10.1. The van der Waals surface area contributed by atoms with Crippen molar-refractivity contribution in [2.75, 3.05) is 17.2 Å². The molecule has 1 aromatic heterocycles. The molecule has 1 heterocycles. The van der Waals surface area contributed by atoms with E-state index in [-0.39, 0.29) is 0 Å². The maximum Gasteiger partial charge on any atom is 0.224 e. The number of anilines is 3. The SMILES string of the molecule is CCCCNc1nc(C)cc(Nc2cc(Cl)ccc2Cl)n1. The first-order valence-electron chi connectivity index (χ1n) is 6.90. The van der Waals surface area contributed by atoms with Crippen LogP contribution in [0.4, 0.5) is 17.5 Å². The van der Waals surface area contributed by atoms with Crippen LogP contribution in [0.2, 0.25) is 10.0 Å². The van der Waals surface area contributed by atoms with Gasteiger partial charge in [-0.15, -0.1) is 0 Å². The topological polar surface area (TPSA) is 49.8 Å². The highest BCUT2D eigenvalue weighted by atomic mass is 35.5. The smallest absolute Gasteiger partial charge is 0.224 e. The summed E-state index contributed by atoms with van der Waals surface area (Å²) in [6.07, 6.45) is 2.21. The molecule has 0 saturated heterocycles. The van der Waals surface area contributed by atoms with Crippen LogP contribution in [0.1, 0.15) is 25.5 Å². The first kappa shape index (κ1) is 15.9. The molecular formula is C15H18Cl2N4. The Balaban J connectivity index is 2.17. The maximum absolute atomic E-state index is 6.15. The average Bonchev–Trinajstić information content (AvgIpc) is 2.43. The second-order valence-corrected chi connectivity index (χ2v) is 5.59. The summed E-state index contributed by atoms with van der Waals surface area (Å²) in [7, 11) is 0. The van der Waals surface area contributed by atoms with Gasteiger partial charge in [-0.3, -0.25) is 0 Å². The summed E-state index contributed by atoms with van der Waals surface area (Å²) in [6, 6.07) is 7.13. The average molecular weight is 325 g/mol. The highest BCUT2D eigenvalue weighted by molar-refractivity contribution is 6.35. The van der Waals surface area contributed by atoms with Crippen molar-refractivity contribution in [3.8, 4) is 0 Å². The van der Waals surface area contributed by atoms with Crippen molar-refractivity contribution >= 4 is 40.7 Å². The van der Waals surface area contributed by atoms with E-state index in [0.29, 0.717) is 21.8 Å². The molecule has 0 aliphatic rings. The summed E-state index contributed by atoms with van der Waals surface area (Å²) in [5, 5.41) is 7.61. The first-order valence-corrected chi connectivity index (χ1v) is 7.65. The van der Waals surface area contributed by atoms with Gasteiger partial charge in [0.1, 0.15) is 5.82 Å². The van der Waals surface area contributed by atoms with E-state index in [1.807, 2.05) is 13.0 Å². The number of rotatable bonds is 6. The number of unbranched alkanes of at least 4 members (excludes halogenated alkanes) is 1. The summed E-state index contributed by atoms with van der Waals surface area (Å²) in [6.45, 7) is 4.93. The lowest BCUT2D eigenvalue weighted by molar-refractivity contribution is 0.825. The number of hydrogen-bond acceptors (Lipinski definition) is 4. The number of halogens is 2. The minimum atomic E-state index is 0.594. The normalized spacial score (nSPS) is 10.5. The van der Waals surface area contributed by atoms with Gasteiger partial charge >= 0.3 is 0 Å². The van der Waals surface area contributed by atoms with Gasteiger partial charge < -0.3 is 10.6 Å². The fourth-order valence-corrected chi connectivity index (χ4v) is 2.16. The molecule has 2 N–H and O–H groups in total. The molecule has 0 fully saturated rings. The molecule has 0 spiro atoms. The third kappa shape index (κ3) is 4.76. The van der Waals surface area contributed by atoms with Crippen LogP contribution in [-0.4, -0.2) is 16.5 Å². The van der Waals surface area contributed by atoms with Crippen LogP contribution in [-0.2, 0) is 0 Å². The van der Waals surface area contributed by atoms with Crippen molar-refractivity contribution in [2.45, 2.75) is 26.7 Å². The van der Waals surface area contributed by atoms with Gasteiger partial charge in [-0.2, -0.15) is 4.98 Å². The Kier molecular flexibility index (Phi) is 5.65. The lowest BCUT2D eigenvalue weighted by Crippen LogP contribution is -2.07. The van der Waals surface area contributed by atoms with E-state index in [9.17, 15) is 0 Å². The standard InChI is InChI=1S/C15H18Cl2N4/c1-3-4-7-18-15-19-10(2)8-14(21-15)20-13-9-11(16)5-6-12(13)17/h5-6,8-9H,3-4,7H2,1-2H3,(H2,18,19,20,21). The fourth-order valence-electron chi connectivity index (χ4n) is 1.82. The second kappa shape index (κ2) is 7.48. The molecule has 0 saturated carbocycles. The maximum atomic E-state index is 6.15. The third-order valence-electron chi connectivity index (χ3n) is 2.86. The van der Waals surface area contributed by atoms with Gasteiger partial charge in [0.05, 0.1) is 10.7 Å². The van der Waals surface area contributed by atoms with Crippen LogP contribution in [0.25, 0.3) is 0 Å². The molecule has 0 bridgehead atoms. The Morgan fingerprint density at radius 1 is 1.14 bits per heavy atom. The number of nitrogens with zero attached hydrogens (tertiary/aromatic N) is 2. The second-order valence-electron chi connectivity index (χ2n) is 4.75. The minimum Gasteiger partial charge on any atom is -0.354 e. The van der Waals surface area contributed by atoms with Gasteiger partial charge in [0, 0.05) is 23.3 Å². The zero-order valence-electron chi connectivity index (χ0n) is 12.1. The number of aromatic nitrogens is 2. The van der Waals surface area contributed by atoms with Crippen LogP contribution in [0.15, 0.2) is 24.3 Å². The van der Waals surface area contributed by atoms with E-state index in [1.54, 1.807) is 18.2 Å². The lowest BCUT2D eigenvalue weighted by Gasteiger charge is -2.11. The van der Waals surface area contributed by atoms with Gasteiger partial charge in [-0.25, -0.2) is 4.98 Å². The largest absolute Gasteiger partial charge is 0.354 e. The van der Waals surface area contributed by atoms with Gasteiger partial charge in [-0.05, 0) is 31.5 Å². The van der Waals surface area contributed by atoms with Gasteiger partial charge in [-0.1, -0.05) is 36.5 Å². The van der Waals surface area contributed by atoms with Gasteiger partial charge in [0.2, 0.25) is 5.95 Å². The Morgan fingerprint density at radius 3 is 2.71 bits per heavy atom. The molecule has 0 unspecified atom stereocenters. The molecule has 0 atom stereocenters. The van der Waals surface area contributed by atoms with E-state index in [1.165, 1.54) is 0 Å². The molecule has 21 heavy (non-hydrogen) atoms. The minimum absolute atomic E-state index is 0.594. The predicted octanol–water partition coefficient (Wildman–Crippen LogP) is 5.05. The van der Waals surface area contributed by atoms with Crippen LogP contribution >= 0.6 is 23.2 Å². The number of benzene rings is 1. The molecule has 2 aromatic rings. The van der Waals surface area contributed by atoms with Crippen molar-refractivity contribution in [3.63, 3.8) is 0 Å². The molecule has 1 aromatic carbocycles. The zero-order valence-corrected chi connectivity index (χ0v) is 13.6. The van der Waals surface area contributed by atoms with Crippen molar-refractivity contribution in [1.29, 1.82) is 0 Å². The summed E-state index contributed by atoms with van der Waals surface area (Å²) in [5.41, 5.74) is 1.60. The summed E-state index contributed by atoms with van der Waals surface area (Å²) < 4.78 is 0. The van der Waals surface area contributed by atoms with Crippen LogP contribution in [0.5, 0.6) is 0 Å². The molecular weight excluding hydrogens is 307 g/mol. The molecule has 0 radical (unpaired) electrons. The van der Waals surface area contributed by atoms with E-state index in [0.717, 1.165) is 30.8 Å². The number of nitrogens with one attached hydrogen (secondary N) is 2. The van der Waals surface area contributed by atoms with E-state index in [4.69, 9.17) is 23.2 Å². The zero-order chi connectivity index (χ0) is 15.2. The van der Waals surface area contributed by atoms with Crippen LogP contribution in [0.3, 0.4) is 0 Å². The molecule has 4 nitrogen and oxygen atoms in total. The lowest BCUT2D eigenvalue weighted by atomic mass is 10.3. The van der Waals surface area contributed by atoms with Crippen molar-refractivity contribution in [2.24, 2.45) is 0 Å². The quantitative estimate of drug-likeness (QED) is 0.730. The number of hydrogen-bond donors (Lipinski definition) is 2. The molecule has 6 heteroatoms. The highest BCUT2D eigenvalue weighted by Gasteiger charge is 2.06. The fraction of sp³-hybridized carbons (Fsp3) is 0.333. The van der Waals surface area contributed by atoms with Crippen LogP contribution in [0, 0.1) is 6.92 Å². The Hall–Kier alpha value is -1.52. The molecule has 112 valence electrons. The van der Waals surface area contributed by atoms with Crippen molar-refractivity contribution < 1.29 is 0 Å². The van der Waals surface area contributed by atoms with E-state index in [2.05, 4.69) is 27.5 Å². The highest BCUT2D eigenvalue weighted by Crippen LogP contribution is 2.28. The summed E-state index contributed by atoms with van der Waals surface area (Å²) >= 11 is 12.1. The van der Waals surface area contributed by atoms with Crippen molar-refractivity contribution in [1.82, 2.24) is 9.97 Å². The summed E-state index contributed by atoms with van der Waals surface area (Å²) in [5.74, 6) is 1.30. The predicted molar refractivity (Wildman–Crippen MR) is 89.9 cm³/mol. The van der Waals surface area contributed by atoms with E-state index >= 15 is 0 Å². The molecule has 0 aliphatic heterocycles. The van der Waals surface area contributed by atoms with Gasteiger partial charge in [0.15, 0.2) is 0 Å². The summed E-state index contributed by atoms with van der Waals surface area (Å²) in [4.78, 5) is 8.80. The van der Waals surface area contributed by atoms with Crippen LogP contribution < -0.4 is 10.6 Å². The Morgan fingerprint density at radius 2 is 1.95 bits per heavy atom. The Labute approximate surface area is 134 Å². The third-order valence-corrected chi connectivity index (χ3v) is 3.42. The Bertz CT molecular complexity index is 617. The number of aryl methyl sites for hydroxylation is 1. The molecule has 0 aliphatic carbocycles. The molecule has 0 amide bonds.